The molecule has 0 N–H and O–H groups in total. The Bertz CT molecular complexity index is 373. The summed E-state index contributed by atoms with van der Waals surface area (Å²) in [5.74, 6) is -0.197. The summed E-state index contributed by atoms with van der Waals surface area (Å²) in [5, 5.41) is 8.39. The van der Waals surface area contributed by atoms with Crippen LogP contribution in [0.2, 0.25) is 0 Å². The van der Waals surface area contributed by atoms with E-state index in [1.54, 1.807) is 12.1 Å². The van der Waals surface area contributed by atoms with Gasteiger partial charge in [0.1, 0.15) is 0 Å². The third-order valence-electron chi connectivity index (χ3n) is 1.84. The zero-order valence-corrected chi connectivity index (χ0v) is 9.27. The Labute approximate surface area is 90.4 Å². The van der Waals surface area contributed by atoms with E-state index in [4.69, 9.17) is 10.00 Å². The monoisotopic (exact) mass is 257 g/mol. The lowest BCUT2D eigenvalue weighted by Crippen LogP contribution is -1.95. The zero-order chi connectivity index (χ0) is 10.6. The molecule has 74 valence electrons. The second-order valence-corrected chi connectivity index (χ2v) is 3.57. The molecule has 0 saturated heterocycles. The molecule has 0 radical (unpaired) electrons. The van der Waals surface area contributed by atoms with Gasteiger partial charge in [0.25, 0.3) is 0 Å². The molecule has 4 heteroatoms. The summed E-state index contributed by atoms with van der Waals surface area (Å²) in [6.07, 6.45) is 0.716. The van der Waals surface area contributed by atoms with E-state index >= 15 is 0 Å². The summed E-state index contributed by atoms with van der Waals surface area (Å²) >= 11 is 3.18. The van der Waals surface area contributed by atoms with Crippen molar-refractivity contribution >= 4 is 15.9 Å². The number of benzene rings is 1. The largest absolute Gasteiger partial charge is 0.492 e. The molecule has 0 aliphatic heterocycles. The van der Waals surface area contributed by atoms with Crippen LogP contribution >= 0.6 is 15.9 Å². The van der Waals surface area contributed by atoms with E-state index in [-0.39, 0.29) is 5.75 Å². The first-order chi connectivity index (χ1) is 6.70. The molecule has 0 atom stereocenters. The van der Waals surface area contributed by atoms with E-state index in [2.05, 4.69) is 15.9 Å². The Kier molecular flexibility index (Phi) is 3.90. The summed E-state index contributed by atoms with van der Waals surface area (Å²) < 4.78 is 19.1. The van der Waals surface area contributed by atoms with E-state index in [9.17, 15) is 4.39 Å². The van der Waals surface area contributed by atoms with Crippen molar-refractivity contribution in [3.63, 3.8) is 0 Å². The minimum absolute atomic E-state index is 0.195. The van der Waals surface area contributed by atoms with Gasteiger partial charge in [0, 0.05) is 6.42 Å². The van der Waals surface area contributed by atoms with Gasteiger partial charge in [-0.2, -0.15) is 5.26 Å². The number of nitrogens with zero attached hydrogens (tertiary/aromatic N) is 1. The molecule has 1 rings (SSSR count). The van der Waals surface area contributed by atoms with Crippen molar-refractivity contribution in [1.82, 2.24) is 0 Å². The number of halogens is 2. The molecule has 0 amide bonds. The molecule has 0 unspecified atom stereocenters. The molecule has 0 heterocycles. The van der Waals surface area contributed by atoms with Gasteiger partial charge in [-0.15, -0.1) is 0 Å². The van der Waals surface area contributed by atoms with E-state index in [0.29, 0.717) is 22.9 Å². The molecule has 1 aromatic rings. The topological polar surface area (TPSA) is 33.0 Å². The molecule has 0 aliphatic rings. The molecule has 2 nitrogen and oxygen atoms in total. The van der Waals surface area contributed by atoms with Gasteiger partial charge in [0.2, 0.25) is 0 Å². The van der Waals surface area contributed by atoms with Crippen molar-refractivity contribution in [2.24, 2.45) is 0 Å². The van der Waals surface area contributed by atoms with Gasteiger partial charge in [0.15, 0.2) is 11.6 Å². The first kappa shape index (κ1) is 11.0. The van der Waals surface area contributed by atoms with Crippen LogP contribution < -0.4 is 4.74 Å². The molecule has 1 aromatic carbocycles. The number of aryl methyl sites for hydroxylation is 1. The molecule has 0 aliphatic carbocycles. The van der Waals surface area contributed by atoms with E-state index in [1.165, 1.54) is 7.11 Å². The Morgan fingerprint density at radius 3 is 2.86 bits per heavy atom. The van der Waals surface area contributed by atoms with Crippen molar-refractivity contribution in [2.75, 3.05) is 7.11 Å². The zero-order valence-electron chi connectivity index (χ0n) is 7.68. The van der Waals surface area contributed by atoms with Gasteiger partial charge in [-0.05, 0) is 34.0 Å². The fourth-order valence-corrected chi connectivity index (χ4v) is 1.61. The highest BCUT2D eigenvalue weighted by atomic mass is 79.9. The van der Waals surface area contributed by atoms with Crippen LogP contribution in [0.4, 0.5) is 4.39 Å². The summed E-state index contributed by atoms with van der Waals surface area (Å²) in [6, 6.07) is 5.35. The van der Waals surface area contributed by atoms with Crippen LogP contribution in [0.3, 0.4) is 0 Å². The van der Waals surface area contributed by atoms with Gasteiger partial charge in [-0.1, -0.05) is 6.07 Å². The molecular formula is C10H9BrFNO. The molecule has 0 aromatic heterocycles. The minimum Gasteiger partial charge on any atom is -0.492 e. The standard InChI is InChI=1S/C10H9BrFNO/c1-14-10-8(11)5-4-7(9(10)12)3-2-6-13/h4-5H,2-3H2,1H3. The molecular weight excluding hydrogens is 249 g/mol. The molecule has 0 bridgehead atoms. The van der Waals surface area contributed by atoms with Crippen molar-refractivity contribution in [2.45, 2.75) is 12.8 Å². The maximum atomic E-state index is 13.6. The first-order valence-corrected chi connectivity index (χ1v) is 4.87. The number of methoxy groups -OCH3 is 1. The van der Waals surface area contributed by atoms with Gasteiger partial charge >= 0.3 is 0 Å². The summed E-state index contributed by atoms with van der Waals surface area (Å²) in [5.41, 5.74) is 0.506. The number of nitriles is 1. The first-order valence-electron chi connectivity index (χ1n) is 4.08. The van der Waals surface area contributed by atoms with Crippen molar-refractivity contribution < 1.29 is 9.13 Å². The van der Waals surface area contributed by atoms with Crippen LogP contribution in [0.1, 0.15) is 12.0 Å². The van der Waals surface area contributed by atoms with Gasteiger partial charge in [-0.3, -0.25) is 0 Å². The predicted octanol–water partition coefficient (Wildman–Crippen LogP) is 3.05. The van der Waals surface area contributed by atoms with Gasteiger partial charge < -0.3 is 4.74 Å². The van der Waals surface area contributed by atoms with Crippen molar-refractivity contribution in [3.05, 3.63) is 28.0 Å². The lowest BCUT2D eigenvalue weighted by molar-refractivity contribution is 0.381. The Hall–Kier alpha value is -1.08. The van der Waals surface area contributed by atoms with Crippen LogP contribution in [0, 0.1) is 17.1 Å². The highest BCUT2D eigenvalue weighted by Gasteiger charge is 2.11. The highest BCUT2D eigenvalue weighted by Crippen LogP contribution is 2.30. The van der Waals surface area contributed by atoms with E-state index < -0.39 is 5.82 Å². The maximum absolute atomic E-state index is 13.6. The normalized spacial score (nSPS) is 9.57. The van der Waals surface area contributed by atoms with Crippen LogP contribution in [0.25, 0.3) is 0 Å². The van der Waals surface area contributed by atoms with Gasteiger partial charge in [0.05, 0.1) is 17.7 Å². The fourth-order valence-electron chi connectivity index (χ4n) is 1.14. The lowest BCUT2D eigenvalue weighted by Gasteiger charge is -2.07. The van der Waals surface area contributed by atoms with Crippen LogP contribution in [-0.2, 0) is 6.42 Å². The summed E-state index contributed by atoms with van der Waals surface area (Å²) in [7, 11) is 1.41. The van der Waals surface area contributed by atoms with Crippen LogP contribution in [0.5, 0.6) is 5.75 Å². The fraction of sp³-hybridized carbons (Fsp3) is 0.300. The summed E-state index contributed by atoms with van der Waals surface area (Å²) in [4.78, 5) is 0. The predicted molar refractivity (Wildman–Crippen MR) is 54.6 cm³/mol. The average molecular weight is 258 g/mol. The summed E-state index contributed by atoms with van der Waals surface area (Å²) in [6.45, 7) is 0. The smallest absolute Gasteiger partial charge is 0.169 e. The molecule has 0 fully saturated rings. The Morgan fingerprint density at radius 1 is 1.57 bits per heavy atom. The van der Waals surface area contributed by atoms with Gasteiger partial charge in [-0.25, -0.2) is 4.39 Å². The Balaban J connectivity index is 3.03. The number of hydrogen-bond donors (Lipinski definition) is 0. The Morgan fingerprint density at radius 2 is 2.29 bits per heavy atom. The average Bonchev–Trinajstić information content (AvgIpc) is 2.18. The number of rotatable bonds is 3. The highest BCUT2D eigenvalue weighted by molar-refractivity contribution is 9.10. The maximum Gasteiger partial charge on any atom is 0.169 e. The third kappa shape index (κ3) is 2.24. The number of hydrogen-bond acceptors (Lipinski definition) is 2. The molecule has 0 saturated carbocycles. The molecule has 0 spiro atoms. The van der Waals surface area contributed by atoms with Crippen molar-refractivity contribution in [1.29, 1.82) is 5.26 Å². The minimum atomic E-state index is -0.392. The second-order valence-electron chi connectivity index (χ2n) is 2.71. The van der Waals surface area contributed by atoms with E-state index in [1.807, 2.05) is 6.07 Å². The van der Waals surface area contributed by atoms with Crippen molar-refractivity contribution in [3.8, 4) is 11.8 Å². The SMILES string of the molecule is COc1c(Br)ccc(CCC#N)c1F. The lowest BCUT2D eigenvalue weighted by atomic mass is 10.1. The molecule has 14 heavy (non-hydrogen) atoms. The third-order valence-corrected chi connectivity index (χ3v) is 2.46. The van der Waals surface area contributed by atoms with Crippen LogP contribution in [0.15, 0.2) is 16.6 Å². The quantitative estimate of drug-likeness (QED) is 0.834. The second kappa shape index (κ2) is 4.97. The van der Waals surface area contributed by atoms with Crippen LogP contribution in [-0.4, -0.2) is 7.11 Å². The number of ether oxygens (including phenoxy) is 1. The van der Waals surface area contributed by atoms with E-state index in [0.717, 1.165) is 0 Å².